The van der Waals surface area contributed by atoms with E-state index in [0.717, 1.165) is 0 Å². The van der Waals surface area contributed by atoms with Gasteiger partial charge in [-0.05, 0) is 29.3 Å². The molecule has 0 bridgehead atoms. The minimum atomic E-state index is 1.22. The van der Waals surface area contributed by atoms with Crippen LogP contribution < -0.4 is 0 Å². The Kier molecular flexibility index (Phi) is 1.82. The van der Waals surface area contributed by atoms with Gasteiger partial charge in [0.25, 0.3) is 0 Å². The highest BCUT2D eigenvalue weighted by molar-refractivity contribution is 7.99. The summed E-state index contributed by atoms with van der Waals surface area (Å²) in [6.45, 7) is 2.24. The van der Waals surface area contributed by atoms with Crippen molar-refractivity contribution in [3.8, 4) is 0 Å². The van der Waals surface area contributed by atoms with E-state index < -0.39 is 0 Å². The van der Waals surface area contributed by atoms with Crippen LogP contribution in [0, 0.1) is 0 Å². The fourth-order valence-corrected chi connectivity index (χ4v) is 2.61. The van der Waals surface area contributed by atoms with Gasteiger partial charge in [-0.25, -0.2) is 0 Å². The first-order valence-electron chi connectivity index (χ1n) is 4.04. The Hall–Kier alpha value is -0.560. The average molecular weight is 164 g/mol. The normalized spacial score (nSPS) is 15.2. The van der Waals surface area contributed by atoms with Crippen molar-refractivity contribution in [3.63, 3.8) is 0 Å². The van der Waals surface area contributed by atoms with Crippen LogP contribution >= 0.6 is 11.4 Å². The SMILES string of the molecule is CCC1=[SH]c2ccccc2C1. The molecule has 0 saturated heterocycles. The number of rotatable bonds is 1. The summed E-state index contributed by atoms with van der Waals surface area (Å²) >= 11 is 1.47. The number of benzene rings is 1. The van der Waals surface area contributed by atoms with Crippen molar-refractivity contribution in [1.29, 1.82) is 0 Å². The third-order valence-corrected chi connectivity index (χ3v) is 3.54. The Balaban J connectivity index is 2.39. The van der Waals surface area contributed by atoms with E-state index >= 15 is 0 Å². The third kappa shape index (κ3) is 1.25. The van der Waals surface area contributed by atoms with Crippen LogP contribution in [-0.4, -0.2) is 4.86 Å². The van der Waals surface area contributed by atoms with Crippen LogP contribution in [0.5, 0.6) is 0 Å². The van der Waals surface area contributed by atoms with Crippen molar-refractivity contribution in [3.05, 3.63) is 29.8 Å². The van der Waals surface area contributed by atoms with E-state index in [-0.39, 0.29) is 0 Å². The second kappa shape index (κ2) is 2.82. The molecule has 2 rings (SSSR count). The molecular weight excluding hydrogens is 152 g/mol. The zero-order chi connectivity index (χ0) is 7.68. The van der Waals surface area contributed by atoms with Gasteiger partial charge in [-0.15, -0.1) is 0 Å². The van der Waals surface area contributed by atoms with Gasteiger partial charge in [0.1, 0.15) is 0 Å². The van der Waals surface area contributed by atoms with Crippen molar-refractivity contribution in [2.45, 2.75) is 24.7 Å². The van der Waals surface area contributed by atoms with Gasteiger partial charge in [0.2, 0.25) is 0 Å². The first-order valence-corrected chi connectivity index (χ1v) is 4.94. The van der Waals surface area contributed by atoms with Crippen molar-refractivity contribution >= 4 is 16.2 Å². The fraction of sp³-hybridized carbons (Fsp3) is 0.300. The molecule has 1 aromatic rings. The van der Waals surface area contributed by atoms with Gasteiger partial charge in [-0.1, -0.05) is 25.1 Å². The fourth-order valence-electron chi connectivity index (χ4n) is 1.40. The lowest BCUT2D eigenvalue weighted by Crippen LogP contribution is -1.92. The van der Waals surface area contributed by atoms with E-state index in [1.807, 2.05) is 0 Å². The molecule has 0 unspecified atom stereocenters. The predicted octanol–water partition coefficient (Wildman–Crippen LogP) is 2.65. The smallest absolute Gasteiger partial charge is 0.00235 e. The number of thiol groups is 1. The van der Waals surface area contributed by atoms with Gasteiger partial charge < -0.3 is 0 Å². The second-order valence-corrected chi connectivity index (χ2v) is 4.17. The number of fused-ring (bicyclic) bond motifs is 1. The van der Waals surface area contributed by atoms with Gasteiger partial charge in [0.05, 0.1) is 0 Å². The molecule has 0 spiro atoms. The van der Waals surface area contributed by atoms with Crippen molar-refractivity contribution < 1.29 is 0 Å². The van der Waals surface area contributed by atoms with Crippen LogP contribution in [0.2, 0.25) is 0 Å². The highest BCUT2D eigenvalue weighted by Crippen LogP contribution is 2.26. The molecule has 1 aromatic carbocycles. The molecule has 0 saturated carbocycles. The van der Waals surface area contributed by atoms with Crippen molar-refractivity contribution in [1.82, 2.24) is 0 Å². The Labute approximate surface area is 71.2 Å². The predicted molar refractivity (Wildman–Crippen MR) is 52.7 cm³/mol. The molecule has 0 N–H and O–H groups in total. The number of hydrogen-bond donors (Lipinski definition) is 1. The first-order chi connectivity index (χ1) is 5.40. The second-order valence-electron chi connectivity index (χ2n) is 2.84. The van der Waals surface area contributed by atoms with Gasteiger partial charge in [0, 0.05) is 4.90 Å². The van der Waals surface area contributed by atoms with Gasteiger partial charge in [-0.2, -0.15) is 11.4 Å². The molecular formula is C10H12S. The summed E-state index contributed by atoms with van der Waals surface area (Å²) in [5.74, 6) is 0. The Morgan fingerprint density at radius 1 is 1.36 bits per heavy atom. The highest BCUT2D eigenvalue weighted by Gasteiger charge is 2.08. The van der Waals surface area contributed by atoms with Crippen LogP contribution in [0.3, 0.4) is 0 Å². The standard InChI is InChI=1S/C10H12S/c1-2-9-7-8-5-3-4-6-10(8)11-9/h3-6,11H,2,7H2,1H3. The maximum Gasteiger partial charge on any atom is 0.00235 e. The molecule has 1 heterocycles. The Bertz CT molecular complexity index is 299. The summed E-state index contributed by atoms with van der Waals surface area (Å²) < 4.78 is 0. The minimum absolute atomic E-state index is 1.22. The largest absolute Gasteiger partial charge is 0.169 e. The van der Waals surface area contributed by atoms with Crippen LogP contribution in [0.25, 0.3) is 0 Å². The van der Waals surface area contributed by atoms with Gasteiger partial charge in [0.15, 0.2) is 0 Å². The van der Waals surface area contributed by atoms with Crippen LogP contribution in [-0.2, 0) is 6.42 Å². The lowest BCUT2D eigenvalue weighted by atomic mass is 10.1. The maximum absolute atomic E-state index is 2.24. The summed E-state index contributed by atoms with van der Waals surface area (Å²) in [6, 6.07) is 8.74. The molecule has 0 fully saturated rings. The molecule has 0 radical (unpaired) electrons. The molecule has 0 nitrogen and oxygen atoms in total. The highest BCUT2D eigenvalue weighted by atomic mass is 32.1. The topological polar surface area (TPSA) is 0 Å². The lowest BCUT2D eigenvalue weighted by molar-refractivity contribution is 1.20. The quantitative estimate of drug-likeness (QED) is 0.479. The molecule has 58 valence electrons. The first kappa shape index (κ1) is 7.11. The van der Waals surface area contributed by atoms with E-state index in [1.165, 1.54) is 34.7 Å². The van der Waals surface area contributed by atoms with Crippen LogP contribution in [0.1, 0.15) is 18.9 Å². The van der Waals surface area contributed by atoms with Crippen LogP contribution in [0.4, 0.5) is 0 Å². The van der Waals surface area contributed by atoms with E-state index in [1.54, 1.807) is 4.86 Å². The summed E-state index contributed by atoms with van der Waals surface area (Å²) in [6.07, 6.45) is 2.45. The summed E-state index contributed by atoms with van der Waals surface area (Å²) in [7, 11) is 0. The molecule has 1 aliphatic rings. The molecule has 0 aromatic heterocycles. The van der Waals surface area contributed by atoms with E-state index in [0.29, 0.717) is 0 Å². The van der Waals surface area contributed by atoms with Gasteiger partial charge >= 0.3 is 0 Å². The van der Waals surface area contributed by atoms with Crippen LogP contribution in [0.15, 0.2) is 29.2 Å². The monoisotopic (exact) mass is 164 g/mol. The molecule has 0 atom stereocenters. The summed E-state index contributed by atoms with van der Waals surface area (Å²) in [4.78, 5) is 3.18. The van der Waals surface area contributed by atoms with E-state index in [2.05, 4.69) is 31.2 Å². The zero-order valence-corrected chi connectivity index (χ0v) is 7.57. The van der Waals surface area contributed by atoms with E-state index in [4.69, 9.17) is 0 Å². The molecule has 1 aliphatic heterocycles. The molecule has 11 heavy (non-hydrogen) atoms. The van der Waals surface area contributed by atoms with E-state index in [9.17, 15) is 0 Å². The number of hydrogen-bond acceptors (Lipinski definition) is 0. The zero-order valence-electron chi connectivity index (χ0n) is 6.67. The molecule has 0 aliphatic carbocycles. The van der Waals surface area contributed by atoms with Gasteiger partial charge in [-0.3, -0.25) is 0 Å². The van der Waals surface area contributed by atoms with Crippen molar-refractivity contribution in [2.24, 2.45) is 0 Å². The Morgan fingerprint density at radius 3 is 2.91 bits per heavy atom. The summed E-state index contributed by atoms with van der Waals surface area (Å²) in [5, 5.41) is 0. The summed E-state index contributed by atoms with van der Waals surface area (Å²) in [5.41, 5.74) is 1.53. The van der Waals surface area contributed by atoms with Crippen molar-refractivity contribution in [2.75, 3.05) is 0 Å². The maximum atomic E-state index is 2.24. The molecule has 1 heteroatoms. The Morgan fingerprint density at radius 2 is 2.18 bits per heavy atom. The lowest BCUT2D eigenvalue weighted by Gasteiger charge is -1.94. The minimum Gasteiger partial charge on any atom is -0.169 e. The molecule has 0 amide bonds. The average Bonchev–Trinajstić information content (AvgIpc) is 2.46. The third-order valence-electron chi connectivity index (χ3n) is 2.07.